The van der Waals surface area contributed by atoms with Crippen molar-refractivity contribution in [1.29, 1.82) is 0 Å². The van der Waals surface area contributed by atoms with E-state index in [1.165, 1.54) is 13.4 Å². The van der Waals surface area contributed by atoms with E-state index >= 15 is 0 Å². The fourth-order valence-electron chi connectivity index (χ4n) is 2.03. The highest BCUT2D eigenvalue weighted by Gasteiger charge is 2.27. The van der Waals surface area contributed by atoms with E-state index in [0.29, 0.717) is 27.8 Å². The first kappa shape index (κ1) is 15.8. The summed E-state index contributed by atoms with van der Waals surface area (Å²) in [6.45, 7) is 0.427. The quantitative estimate of drug-likeness (QED) is 0.788. The smallest absolute Gasteiger partial charge is 0.327 e. The molecule has 0 saturated carbocycles. The number of benzene rings is 1. The number of hydrogen-bond donors (Lipinski definition) is 0. The lowest BCUT2D eigenvalue weighted by Gasteiger charge is -2.25. The second-order valence-corrected chi connectivity index (χ2v) is 5.32. The summed E-state index contributed by atoms with van der Waals surface area (Å²) in [4.78, 5) is 13.9. The number of nitrogens with zero attached hydrogens (tertiary/aromatic N) is 2. The van der Waals surface area contributed by atoms with Gasteiger partial charge in [0.1, 0.15) is 12.3 Å². The number of carbonyl (C=O) groups is 1. The Balaban J connectivity index is 2.29. The number of ether oxygens (including phenoxy) is 1. The van der Waals surface area contributed by atoms with Crippen LogP contribution in [-0.2, 0) is 16.1 Å². The van der Waals surface area contributed by atoms with E-state index in [1.54, 1.807) is 36.2 Å². The molecular weight excluding hydrogens is 315 g/mol. The molecular formula is C14H14Cl2N2O3. The van der Waals surface area contributed by atoms with Crippen LogP contribution in [0.1, 0.15) is 17.3 Å². The molecule has 0 unspecified atom stereocenters. The highest BCUT2D eigenvalue weighted by molar-refractivity contribution is 6.42. The molecule has 1 aromatic carbocycles. The first-order chi connectivity index (χ1) is 10.0. The summed E-state index contributed by atoms with van der Waals surface area (Å²) >= 11 is 11.9. The van der Waals surface area contributed by atoms with Gasteiger partial charge in [-0.05, 0) is 24.7 Å². The number of carbonyl (C=O) groups excluding carboxylic acids is 1. The Morgan fingerprint density at radius 3 is 2.71 bits per heavy atom. The van der Waals surface area contributed by atoms with E-state index in [2.05, 4.69) is 5.16 Å². The first-order valence-corrected chi connectivity index (χ1v) is 6.90. The van der Waals surface area contributed by atoms with Crippen molar-refractivity contribution in [3.63, 3.8) is 0 Å². The van der Waals surface area contributed by atoms with Crippen LogP contribution in [0.3, 0.4) is 0 Å². The van der Waals surface area contributed by atoms with Crippen molar-refractivity contribution in [2.75, 3.05) is 14.2 Å². The molecule has 7 heteroatoms. The van der Waals surface area contributed by atoms with Gasteiger partial charge in [0.05, 0.1) is 22.8 Å². The molecule has 0 radical (unpaired) electrons. The number of hydrogen-bond acceptors (Lipinski definition) is 5. The van der Waals surface area contributed by atoms with E-state index in [-0.39, 0.29) is 5.97 Å². The van der Waals surface area contributed by atoms with Crippen LogP contribution in [0.5, 0.6) is 0 Å². The summed E-state index contributed by atoms with van der Waals surface area (Å²) in [6, 6.07) is 6.18. The van der Waals surface area contributed by atoms with Crippen molar-refractivity contribution in [2.45, 2.75) is 12.6 Å². The van der Waals surface area contributed by atoms with Crippen molar-refractivity contribution in [3.05, 3.63) is 51.8 Å². The average Bonchev–Trinajstić information content (AvgIpc) is 2.95. The van der Waals surface area contributed by atoms with Crippen molar-refractivity contribution in [1.82, 2.24) is 10.1 Å². The topological polar surface area (TPSA) is 55.6 Å². The van der Waals surface area contributed by atoms with Crippen LogP contribution in [0, 0.1) is 0 Å². The van der Waals surface area contributed by atoms with Gasteiger partial charge in [0.25, 0.3) is 0 Å². The largest absolute Gasteiger partial charge is 0.468 e. The number of methoxy groups -OCH3 is 1. The number of halogens is 2. The van der Waals surface area contributed by atoms with Crippen LogP contribution in [0.15, 0.2) is 35.1 Å². The van der Waals surface area contributed by atoms with Gasteiger partial charge in [-0.25, -0.2) is 4.79 Å². The summed E-state index contributed by atoms with van der Waals surface area (Å²) in [5, 5.41) is 4.65. The maximum atomic E-state index is 12.1. The Morgan fingerprint density at radius 1 is 1.38 bits per heavy atom. The SMILES string of the molecule is COC(=O)[C@@H](c1ccc(Cl)c(Cl)c1)N(C)Cc1ccon1. The molecule has 0 aliphatic rings. The average molecular weight is 329 g/mol. The fourth-order valence-corrected chi connectivity index (χ4v) is 2.34. The predicted molar refractivity (Wildman–Crippen MR) is 79.2 cm³/mol. The zero-order valence-electron chi connectivity index (χ0n) is 11.5. The van der Waals surface area contributed by atoms with Crippen molar-refractivity contribution in [2.24, 2.45) is 0 Å². The predicted octanol–water partition coefficient (Wildman–Crippen LogP) is 3.33. The first-order valence-electron chi connectivity index (χ1n) is 6.15. The van der Waals surface area contributed by atoms with Crippen LogP contribution in [-0.4, -0.2) is 30.2 Å². The Kier molecular flexibility index (Phi) is 5.22. The minimum atomic E-state index is -0.610. The number of rotatable bonds is 5. The van der Waals surface area contributed by atoms with Gasteiger partial charge in [-0.2, -0.15) is 0 Å². The second kappa shape index (κ2) is 6.93. The standard InChI is InChI=1S/C14H14Cl2N2O3/c1-18(8-10-5-6-21-17-10)13(14(19)20-2)9-3-4-11(15)12(16)7-9/h3-7,13H,8H2,1-2H3/t13-/m1/s1. The minimum Gasteiger partial charge on any atom is -0.468 e. The Labute approximate surface area is 132 Å². The zero-order chi connectivity index (χ0) is 15.4. The molecule has 2 aromatic rings. The molecule has 0 N–H and O–H groups in total. The molecule has 1 aromatic heterocycles. The molecule has 0 amide bonds. The van der Waals surface area contributed by atoms with Crippen LogP contribution in [0.2, 0.25) is 10.0 Å². The normalized spacial score (nSPS) is 12.4. The summed E-state index contributed by atoms with van der Waals surface area (Å²) < 4.78 is 9.67. The molecule has 0 aliphatic heterocycles. The molecule has 0 saturated heterocycles. The lowest BCUT2D eigenvalue weighted by Crippen LogP contribution is -2.31. The number of esters is 1. The van der Waals surface area contributed by atoms with Crippen molar-refractivity contribution >= 4 is 29.2 Å². The highest BCUT2D eigenvalue weighted by atomic mass is 35.5. The lowest BCUT2D eigenvalue weighted by atomic mass is 10.1. The maximum absolute atomic E-state index is 12.1. The Hall–Kier alpha value is -1.56. The molecule has 0 fully saturated rings. The molecule has 21 heavy (non-hydrogen) atoms. The molecule has 0 bridgehead atoms. The maximum Gasteiger partial charge on any atom is 0.327 e. The van der Waals surface area contributed by atoms with E-state index in [1.807, 2.05) is 0 Å². The summed E-state index contributed by atoms with van der Waals surface area (Å²) in [5.74, 6) is -0.389. The van der Waals surface area contributed by atoms with Gasteiger partial charge in [0.15, 0.2) is 0 Å². The third-order valence-corrected chi connectivity index (χ3v) is 3.77. The molecule has 0 aliphatic carbocycles. The van der Waals surface area contributed by atoms with E-state index in [9.17, 15) is 4.79 Å². The Bertz CT molecular complexity index is 617. The third-order valence-electron chi connectivity index (χ3n) is 3.03. The number of aromatic nitrogens is 1. The van der Waals surface area contributed by atoms with Crippen LogP contribution in [0.25, 0.3) is 0 Å². The highest BCUT2D eigenvalue weighted by Crippen LogP contribution is 2.29. The van der Waals surface area contributed by atoms with Gasteiger partial charge in [-0.1, -0.05) is 34.4 Å². The van der Waals surface area contributed by atoms with Crippen LogP contribution < -0.4 is 0 Å². The molecule has 0 spiro atoms. The summed E-state index contributed by atoms with van der Waals surface area (Å²) in [5.41, 5.74) is 1.41. The monoisotopic (exact) mass is 328 g/mol. The molecule has 2 rings (SSSR count). The number of likely N-dealkylation sites (N-methyl/N-ethyl adjacent to an activating group) is 1. The van der Waals surface area contributed by atoms with Gasteiger partial charge in [-0.15, -0.1) is 0 Å². The van der Waals surface area contributed by atoms with Crippen molar-refractivity contribution < 1.29 is 14.1 Å². The van der Waals surface area contributed by atoms with Gasteiger partial charge in [0.2, 0.25) is 0 Å². The molecule has 1 atom stereocenters. The fraction of sp³-hybridized carbons (Fsp3) is 0.286. The zero-order valence-corrected chi connectivity index (χ0v) is 13.1. The Morgan fingerprint density at radius 2 is 2.14 bits per heavy atom. The van der Waals surface area contributed by atoms with Gasteiger partial charge < -0.3 is 9.26 Å². The van der Waals surface area contributed by atoms with Gasteiger partial charge in [-0.3, -0.25) is 4.90 Å². The van der Waals surface area contributed by atoms with Crippen LogP contribution >= 0.6 is 23.2 Å². The minimum absolute atomic E-state index is 0.387. The summed E-state index contributed by atoms with van der Waals surface area (Å²) in [7, 11) is 3.13. The second-order valence-electron chi connectivity index (χ2n) is 4.51. The summed E-state index contributed by atoms with van der Waals surface area (Å²) in [6.07, 6.45) is 1.48. The lowest BCUT2D eigenvalue weighted by molar-refractivity contribution is -0.147. The van der Waals surface area contributed by atoms with Crippen molar-refractivity contribution in [3.8, 4) is 0 Å². The van der Waals surface area contributed by atoms with E-state index in [4.69, 9.17) is 32.5 Å². The third kappa shape index (κ3) is 3.75. The van der Waals surface area contributed by atoms with Crippen LogP contribution in [0.4, 0.5) is 0 Å². The molecule has 1 heterocycles. The van der Waals surface area contributed by atoms with E-state index in [0.717, 1.165) is 0 Å². The molecule has 112 valence electrons. The van der Waals surface area contributed by atoms with E-state index < -0.39 is 6.04 Å². The molecule has 5 nitrogen and oxygen atoms in total. The van der Waals surface area contributed by atoms with Gasteiger partial charge in [0, 0.05) is 12.6 Å². The van der Waals surface area contributed by atoms with Gasteiger partial charge >= 0.3 is 5.97 Å².